The summed E-state index contributed by atoms with van der Waals surface area (Å²) >= 11 is 0. The molecule has 0 aliphatic heterocycles. The number of primary amides is 1. The van der Waals surface area contributed by atoms with E-state index in [0.717, 1.165) is 11.4 Å². The van der Waals surface area contributed by atoms with Crippen LogP contribution in [-0.2, 0) is 4.79 Å². The molecule has 0 fully saturated rings. The minimum Gasteiger partial charge on any atom is -0.368 e. The molecule has 1 atom stereocenters. The van der Waals surface area contributed by atoms with Crippen LogP contribution in [0, 0.1) is 12.8 Å². The molecule has 0 saturated heterocycles. The maximum Gasteiger partial charge on any atom is 0.240 e. The number of carbonyl (C=O) groups excluding carboxylic acids is 1. The average Bonchev–Trinajstić information content (AvgIpc) is 2.24. The minimum absolute atomic E-state index is 0.0918. The molecule has 18 heavy (non-hydrogen) atoms. The number of amides is 1. The number of hydrogen-bond donors (Lipinski definition) is 2. The van der Waals surface area contributed by atoms with Gasteiger partial charge in [0, 0.05) is 11.4 Å². The number of nitrogens with one attached hydrogen (secondary N) is 1. The molecule has 0 aliphatic carbocycles. The van der Waals surface area contributed by atoms with Crippen molar-refractivity contribution < 1.29 is 4.79 Å². The van der Waals surface area contributed by atoms with E-state index < -0.39 is 6.04 Å². The van der Waals surface area contributed by atoms with Crippen LogP contribution < -0.4 is 11.1 Å². The van der Waals surface area contributed by atoms with Crippen LogP contribution in [0.3, 0.4) is 0 Å². The first-order valence-corrected chi connectivity index (χ1v) is 6.22. The Hall–Kier alpha value is -1.65. The van der Waals surface area contributed by atoms with Gasteiger partial charge in [-0.3, -0.25) is 4.79 Å². The monoisotopic (exact) mass is 250 g/mol. The molecule has 0 aromatic carbocycles. The summed E-state index contributed by atoms with van der Waals surface area (Å²) in [6.07, 6.45) is 0. The molecule has 0 radical (unpaired) electrons. The fourth-order valence-corrected chi connectivity index (χ4v) is 1.66. The average molecular weight is 250 g/mol. The van der Waals surface area contributed by atoms with Crippen LogP contribution in [0.1, 0.15) is 45.0 Å². The highest BCUT2D eigenvalue weighted by Crippen LogP contribution is 2.16. The van der Waals surface area contributed by atoms with Gasteiger partial charge in [-0.15, -0.1) is 0 Å². The molecule has 1 amide bonds. The Balaban J connectivity index is 2.99. The minimum atomic E-state index is -0.452. The largest absolute Gasteiger partial charge is 0.368 e. The highest BCUT2D eigenvalue weighted by atomic mass is 16.1. The smallest absolute Gasteiger partial charge is 0.240 e. The lowest BCUT2D eigenvalue weighted by Gasteiger charge is -2.19. The van der Waals surface area contributed by atoms with Gasteiger partial charge in [0.15, 0.2) is 0 Å². The van der Waals surface area contributed by atoms with E-state index in [1.54, 1.807) is 0 Å². The molecular formula is C13H22N4O. The van der Waals surface area contributed by atoms with E-state index in [2.05, 4.69) is 29.1 Å². The summed E-state index contributed by atoms with van der Waals surface area (Å²) in [5.74, 6) is 0.491. The van der Waals surface area contributed by atoms with E-state index in [1.165, 1.54) is 0 Å². The SMILES string of the molecule is Cc1cc(C(C)C)nc(NC(C(N)=O)C(C)C)n1. The van der Waals surface area contributed by atoms with Crippen molar-refractivity contribution in [2.75, 3.05) is 5.32 Å². The number of anilines is 1. The molecule has 100 valence electrons. The summed E-state index contributed by atoms with van der Waals surface area (Å²) in [6, 6.07) is 1.50. The summed E-state index contributed by atoms with van der Waals surface area (Å²) in [4.78, 5) is 20.1. The zero-order valence-corrected chi connectivity index (χ0v) is 11.7. The fraction of sp³-hybridized carbons (Fsp3) is 0.615. The third-order valence-corrected chi connectivity index (χ3v) is 2.72. The molecular weight excluding hydrogens is 228 g/mol. The molecule has 5 heteroatoms. The van der Waals surface area contributed by atoms with Gasteiger partial charge in [0.1, 0.15) is 6.04 Å². The van der Waals surface area contributed by atoms with Crippen LogP contribution in [0.25, 0.3) is 0 Å². The first-order chi connectivity index (χ1) is 8.31. The number of aryl methyl sites for hydroxylation is 1. The summed E-state index contributed by atoms with van der Waals surface area (Å²) in [5.41, 5.74) is 7.20. The Bertz CT molecular complexity index is 429. The summed E-state index contributed by atoms with van der Waals surface area (Å²) < 4.78 is 0. The molecule has 1 heterocycles. The van der Waals surface area contributed by atoms with Crippen molar-refractivity contribution in [1.82, 2.24) is 9.97 Å². The molecule has 5 nitrogen and oxygen atoms in total. The van der Waals surface area contributed by atoms with Crippen molar-refractivity contribution in [3.05, 3.63) is 17.5 Å². The van der Waals surface area contributed by atoms with E-state index >= 15 is 0 Å². The highest BCUT2D eigenvalue weighted by molar-refractivity contribution is 5.82. The van der Waals surface area contributed by atoms with Gasteiger partial charge in [0.2, 0.25) is 11.9 Å². The van der Waals surface area contributed by atoms with Crippen molar-refractivity contribution in [2.24, 2.45) is 11.7 Å². The van der Waals surface area contributed by atoms with Crippen LogP contribution in [0.4, 0.5) is 5.95 Å². The second-order valence-corrected chi connectivity index (χ2v) is 5.18. The van der Waals surface area contributed by atoms with Gasteiger partial charge in [0.25, 0.3) is 0 Å². The van der Waals surface area contributed by atoms with Gasteiger partial charge in [0.05, 0.1) is 0 Å². The molecule has 1 unspecified atom stereocenters. The molecule has 1 rings (SSSR count). The highest BCUT2D eigenvalue weighted by Gasteiger charge is 2.20. The second-order valence-electron chi connectivity index (χ2n) is 5.18. The summed E-state index contributed by atoms with van der Waals surface area (Å²) in [7, 11) is 0. The summed E-state index contributed by atoms with van der Waals surface area (Å²) in [5, 5.41) is 3.02. The van der Waals surface area contributed by atoms with Crippen LogP contribution in [0.15, 0.2) is 6.07 Å². The first kappa shape index (κ1) is 14.4. The van der Waals surface area contributed by atoms with E-state index in [9.17, 15) is 4.79 Å². The third-order valence-electron chi connectivity index (χ3n) is 2.72. The zero-order valence-electron chi connectivity index (χ0n) is 11.7. The predicted molar refractivity (Wildman–Crippen MR) is 72.3 cm³/mol. The molecule has 1 aromatic rings. The first-order valence-electron chi connectivity index (χ1n) is 6.22. The van der Waals surface area contributed by atoms with Gasteiger partial charge in [-0.2, -0.15) is 0 Å². The Kier molecular flexibility index (Phi) is 4.64. The van der Waals surface area contributed by atoms with Crippen molar-refractivity contribution >= 4 is 11.9 Å². The summed E-state index contributed by atoms with van der Waals surface area (Å²) in [6.45, 7) is 9.91. The van der Waals surface area contributed by atoms with Crippen LogP contribution in [-0.4, -0.2) is 21.9 Å². The standard InChI is InChI=1S/C13H22N4O/c1-7(2)10-6-9(5)15-13(16-10)17-11(8(3)4)12(14)18/h6-8,11H,1-5H3,(H2,14,18)(H,15,16,17). The van der Waals surface area contributed by atoms with Crippen molar-refractivity contribution in [2.45, 2.75) is 46.6 Å². The number of aromatic nitrogens is 2. The molecule has 0 bridgehead atoms. The maximum atomic E-state index is 11.4. The topological polar surface area (TPSA) is 80.9 Å². The van der Waals surface area contributed by atoms with E-state index in [0.29, 0.717) is 11.9 Å². The van der Waals surface area contributed by atoms with E-state index in [4.69, 9.17) is 5.73 Å². The van der Waals surface area contributed by atoms with Gasteiger partial charge in [-0.25, -0.2) is 9.97 Å². The second kappa shape index (κ2) is 5.80. The number of carbonyl (C=O) groups is 1. The Labute approximate surface area is 108 Å². The van der Waals surface area contributed by atoms with Crippen LogP contribution in [0.2, 0.25) is 0 Å². The van der Waals surface area contributed by atoms with Crippen molar-refractivity contribution in [1.29, 1.82) is 0 Å². The lowest BCUT2D eigenvalue weighted by molar-refractivity contribution is -0.119. The molecule has 3 N–H and O–H groups in total. The number of nitrogens with zero attached hydrogens (tertiary/aromatic N) is 2. The van der Waals surface area contributed by atoms with Gasteiger partial charge >= 0.3 is 0 Å². The maximum absolute atomic E-state index is 11.4. The molecule has 1 aromatic heterocycles. The van der Waals surface area contributed by atoms with E-state index in [1.807, 2.05) is 26.8 Å². The fourth-order valence-electron chi connectivity index (χ4n) is 1.66. The number of hydrogen-bond acceptors (Lipinski definition) is 4. The number of nitrogens with two attached hydrogens (primary N) is 1. The molecule has 0 saturated carbocycles. The normalized spacial score (nSPS) is 12.8. The lowest BCUT2D eigenvalue weighted by atomic mass is 10.0. The third kappa shape index (κ3) is 3.68. The van der Waals surface area contributed by atoms with Crippen molar-refractivity contribution in [3.8, 4) is 0 Å². The van der Waals surface area contributed by atoms with Gasteiger partial charge in [-0.1, -0.05) is 27.7 Å². The van der Waals surface area contributed by atoms with Crippen LogP contribution in [0.5, 0.6) is 0 Å². The Morgan fingerprint density at radius 3 is 2.33 bits per heavy atom. The molecule has 0 spiro atoms. The quantitative estimate of drug-likeness (QED) is 0.835. The molecule has 0 aliphatic rings. The van der Waals surface area contributed by atoms with Gasteiger partial charge in [-0.05, 0) is 24.8 Å². The number of rotatable bonds is 5. The Morgan fingerprint density at radius 1 is 1.28 bits per heavy atom. The lowest BCUT2D eigenvalue weighted by Crippen LogP contribution is -2.40. The van der Waals surface area contributed by atoms with Crippen LogP contribution >= 0.6 is 0 Å². The zero-order chi connectivity index (χ0) is 13.9. The Morgan fingerprint density at radius 2 is 1.89 bits per heavy atom. The predicted octanol–water partition coefficient (Wildman–Crippen LogP) is 1.83. The van der Waals surface area contributed by atoms with Gasteiger partial charge < -0.3 is 11.1 Å². The van der Waals surface area contributed by atoms with Crippen molar-refractivity contribution in [3.63, 3.8) is 0 Å². The van der Waals surface area contributed by atoms with E-state index in [-0.39, 0.29) is 11.8 Å².